The number of rotatable bonds is 1. The molecule has 1 rings (SSSR count). The standard InChI is InChI=1S/C8H14SSi/c1-7-5-8(9-6-7)10(2,3)4/h5-6H,1-4H3. The molecule has 0 radical (unpaired) electrons. The lowest BCUT2D eigenvalue weighted by Crippen LogP contribution is -2.34. The molecule has 2 heteroatoms. The van der Waals surface area contributed by atoms with Gasteiger partial charge in [-0.3, -0.25) is 0 Å². The van der Waals surface area contributed by atoms with Crippen LogP contribution in [0.25, 0.3) is 0 Å². The van der Waals surface area contributed by atoms with E-state index in [4.69, 9.17) is 0 Å². The zero-order valence-corrected chi connectivity index (χ0v) is 8.88. The summed E-state index contributed by atoms with van der Waals surface area (Å²) in [5.74, 6) is 0. The van der Waals surface area contributed by atoms with Crippen molar-refractivity contribution in [2.75, 3.05) is 0 Å². The van der Waals surface area contributed by atoms with Crippen molar-refractivity contribution in [3.8, 4) is 0 Å². The van der Waals surface area contributed by atoms with Crippen LogP contribution >= 0.6 is 11.3 Å². The molecule has 0 fully saturated rings. The van der Waals surface area contributed by atoms with Gasteiger partial charge in [-0.1, -0.05) is 19.6 Å². The summed E-state index contributed by atoms with van der Waals surface area (Å²) in [6, 6.07) is 2.33. The summed E-state index contributed by atoms with van der Waals surface area (Å²) in [7, 11) is -0.994. The summed E-state index contributed by atoms with van der Waals surface area (Å²) in [5, 5.41) is 2.24. The van der Waals surface area contributed by atoms with Gasteiger partial charge in [-0.2, -0.15) is 11.3 Å². The molecule has 0 nitrogen and oxygen atoms in total. The Hall–Kier alpha value is -0.0831. The molecule has 0 saturated heterocycles. The van der Waals surface area contributed by atoms with Crippen LogP contribution in [0.3, 0.4) is 0 Å². The third kappa shape index (κ3) is 1.70. The van der Waals surface area contributed by atoms with Crippen LogP contribution in [0.2, 0.25) is 19.6 Å². The van der Waals surface area contributed by atoms with Gasteiger partial charge < -0.3 is 0 Å². The predicted octanol–water partition coefficient (Wildman–Crippen LogP) is 2.60. The van der Waals surface area contributed by atoms with Crippen molar-refractivity contribution in [2.24, 2.45) is 0 Å². The van der Waals surface area contributed by atoms with Crippen molar-refractivity contribution in [3.05, 3.63) is 17.0 Å². The number of aryl methyl sites for hydroxylation is 1. The minimum absolute atomic E-state index is 0.994. The molecule has 0 N–H and O–H groups in total. The average Bonchev–Trinajstić information content (AvgIpc) is 2.11. The number of thiophene rings is 1. The van der Waals surface area contributed by atoms with E-state index in [9.17, 15) is 0 Å². The Morgan fingerprint density at radius 1 is 1.30 bits per heavy atom. The maximum atomic E-state index is 2.39. The fourth-order valence-corrected chi connectivity index (χ4v) is 3.71. The van der Waals surface area contributed by atoms with E-state index in [1.54, 1.807) is 4.50 Å². The van der Waals surface area contributed by atoms with Crippen LogP contribution in [-0.2, 0) is 0 Å². The molecule has 0 aromatic carbocycles. The molecule has 0 aliphatic heterocycles. The van der Waals surface area contributed by atoms with Crippen LogP contribution in [0.4, 0.5) is 0 Å². The van der Waals surface area contributed by atoms with Crippen molar-refractivity contribution in [1.82, 2.24) is 0 Å². The first-order valence-electron chi connectivity index (χ1n) is 3.56. The first kappa shape index (κ1) is 8.02. The molecule has 1 aromatic heterocycles. The molecule has 0 atom stereocenters. The van der Waals surface area contributed by atoms with Crippen molar-refractivity contribution in [3.63, 3.8) is 0 Å². The molecule has 0 aliphatic rings. The number of hydrogen-bond donors (Lipinski definition) is 0. The third-order valence-corrected chi connectivity index (χ3v) is 6.14. The first-order chi connectivity index (χ1) is 4.50. The maximum absolute atomic E-state index is 2.39. The van der Waals surface area contributed by atoms with Crippen molar-refractivity contribution in [2.45, 2.75) is 26.6 Å². The molecule has 1 aromatic rings. The molecule has 0 spiro atoms. The molecule has 1 heterocycles. The molecule has 0 unspecified atom stereocenters. The van der Waals surface area contributed by atoms with E-state index < -0.39 is 8.07 Å². The van der Waals surface area contributed by atoms with Gasteiger partial charge in [0, 0.05) is 0 Å². The Morgan fingerprint density at radius 3 is 2.10 bits per heavy atom. The highest BCUT2D eigenvalue weighted by atomic mass is 32.1. The van der Waals surface area contributed by atoms with E-state index in [1.807, 2.05) is 11.3 Å². The topological polar surface area (TPSA) is 0 Å². The van der Waals surface area contributed by atoms with E-state index in [1.165, 1.54) is 5.56 Å². The minimum Gasteiger partial charge on any atom is -0.153 e. The third-order valence-electron chi connectivity index (χ3n) is 1.47. The second-order valence-corrected chi connectivity index (χ2v) is 10.1. The van der Waals surface area contributed by atoms with Crippen LogP contribution in [-0.4, -0.2) is 8.07 Å². The average molecular weight is 170 g/mol. The van der Waals surface area contributed by atoms with E-state index >= 15 is 0 Å². The molecular weight excluding hydrogens is 156 g/mol. The van der Waals surface area contributed by atoms with E-state index in [2.05, 4.69) is 38.0 Å². The zero-order chi connectivity index (χ0) is 7.78. The van der Waals surface area contributed by atoms with E-state index in [0.29, 0.717) is 0 Å². The van der Waals surface area contributed by atoms with Crippen LogP contribution in [0.15, 0.2) is 11.4 Å². The van der Waals surface area contributed by atoms with Crippen molar-refractivity contribution in [1.29, 1.82) is 0 Å². The largest absolute Gasteiger partial charge is 0.153 e. The van der Waals surface area contributed by atoms with Crippen molar-refractivity contribution < 1.29 is 0 Å². The lowest BCUT2D eigenvalue weighted by Gasteiger charge is -2.11. The lowest BCUT2D eigenvalue weighted by molar-refractivity contribution is 1.56. The first-order valence-corrected chi connectivity index (χ1v) is 7.94. The van der Waals surface area contributed by atoms with E-state index in [0.717, 1.165) is 0 Å². The zero-order valence-electron chi connectivity index (χ0n) is 7.06. The highest BCUT2D eigenvalue weighted by Crippen LogP contribution is 2.10. The highest BCUT2D eigenvalue weighted by molar-refractivity contribution is 7.25. The van der Waals surface area contributed by atoms with Gasteiger partial charge >= 0.3 is 0 Å². The lowest BCUT2D eigenvalue weighted by atomic mass is 10.4. The van der Waals surface area contributed by atoms with Crippen LogP contribution in [0.5, 0.6) is 0 Å². The van der Waals surface area contributed by atoms with Crippen LogP contribution in [0, 0.1) is 6.92 Å². The summed E-state index contributed by atoms with van der Waals surface area (Å²) in [6.45, 7) is 9.33. The summed E-state index contributed by atoms with van der Waals surface area (Å²) in [5.41, 5.74) is 1.42. The molecule has 10 heavy (non-hydrogen) atoms. The van der Waals surface area contributed by atoms with Gasteiger partial charge in [0.25, 0.3) is 0 Å². The molecule has 56 valence electrons. The predicted molar refractivity (Wildman–Crippen MR) is 52.0 cm³/mol. The van der Waals surface area contributed by atoms with Crippen molar-refractivity contribution >= 4 is 23.9 Å². The fourth-order valence-electron chi connectivity index (χ4n) is 0.825. The summed E-state index contributed by atoms with van der Waals surface area (Å²) < 4.78 is 1.62. The summed E-state index contributed by atoms with van der Waals surface area (Å²) >= 11 is 1.92. The smallest absolute Gasteiger partial charge is 0.0904 e. The second kappa shape index (κ2) is 2.51. The Morgan fingerprint density at radius 2 is 1.90 bits per heavy atom. The molecular formula is C8H14SSi. The van der Waals surface area contributed by atoms with Crippen LogP contribution < -0.4 is 4.50 Å². The molecule has 0 aliphatic carbocycles. The monoisotopic (exact) mass is 170 g/mol. The van der Waals surface area contributed by atoms with Gasteiger partial charge in [-0.25, -0.2) is 0 Å². The number of hydrogen-bond acceptors (Lipinski definition) is 1. The summed E-state index contributed by atoms with van der Waals surface area (Å²) in [4.78, 5) is 0. The van der Waals surface area contributed by atoms with Gasteiger partial charge in [-0.05, 0) is 28.4 Å². The highest BCUT2D eigenvalue weighted by Gasteiger charge is 2.17. The summed E-state index contributed by atoms with van der Waals surface area (Å²) in [6.07, 6.45) is 0. The normalized spacial score (nSPS) is 12.0. The SMILES string of the molecule is Cc1csc([Si](C)(C)C)c1. The van der Waals surface area contributed by atoms with Gasteiger partial charge in [0.1, 0.15) is 0 Å². The van der Waals surface area contributed by atoms with Gasteiger partial charge in [0.15, 0.2) is 0 Å². The maximum Gasteiger partial charge on any atom is 0.0904 e. The molecule has 0 saturated carbocycles. The Bertz CT molecular complexity index is 219. The van der Waals surface area contributed by atoms with Gasteiger partial charge in [0.05, 0.1) is 8.07 Å². The minimum atomic E-state index is -0.994. The van der Waals surface area contributed by atoms with Gasteiger partial charge in [-0.15, -0.1) is 0 Å². The second-order valence-electron chi connectivity index (χ2n) is 3.74. The Balaban J connectivity index is 2.96. The fraction of sp³-hybridized carbons (Fsp3) is 0.500. The van der Waals surface area contributed by atoms with Crippen LogP contribution in [0.1, 0.15) is 5.56 Å². The molecule has 0 amide bonds. The molecule has 0 bridgehead atoms. The Labute approximate surface area is 67.9 Å². The van der Waals surface area contributed by atoms with E-state index in [-0.39, 0.29) is 0 Å². The van der Waals surface area contributed by atoms with Gasteiger partial charge in [0.2, 0.25) is 0 Å². The quantitative estimate of drug-likeness (QED) is 0.568. The Kier molecular flexibility index (Phi) is 2.01.